The molecule has 0 aromatic heterocycles. The number of carbonyl (C=O) groups excluding carboxylic acids is 3. The first-order chi connectivity index (χ1) is 8.46. The molecule has 100 valence electrons. The number of cyclic esters (lactones) is 2. The van der Waals surface area contributed by atoms with E-state index in [0.717, 1.165) is 0 Å². The van der Waals surface area contributed by atoms with E-state index in [9.17, 15) is 14.4 Å². The summed E-state index contributed by atoms with van der Waals surface area (Å²) in [6.45, 7) is 3.99. The number of carbonyl (C=O) groups is 3. The molecular formula is C12H17NO5. The molecule has 0 aliphatic carbocycles. The molecule has 0 N–H and O–H groups in total. The van der Waals surface area contributed by atoms with Crippen molar-refractivity contribution in [3.05, 3.63) is 0 Å². The summed E-state index contributed by atoms with van der Waals surface area (Å²) in [5.41, 5.74) is -0.489. The Balaban J connectivity index is 2.07. The maximum atomic E-state index is 12.3. The largest absolute Gasteiger partial charge is 0.508 e. The lowest BCUT2D eigenvalue weighted by Crippen LogP contribution is -2.52. The average molecular weight is 255 g/mol. The van der Waals surface area contributed by atoms with Crippen molar-refractivity contribution in [3.8, 4) is 0 Å². The highest BCUT2D eigenvalue weighted by molar-refractivity contribution is 6.00. The lowest BCUT2D eigenvalue weighted by Gasteiger charge is -2.37. The van der Waals surface area contributed by atoms with Crippen LogP contribution in [0.4, 0.5) is 4.79 Å². The molecule has 0 aromatic rings. The number of imide groups is 1. The smallest absolute Gasteiger partial charge is 0.430 e. The molecule has 18 heavy (non-hydrogen) atoms. The van der Waals surface area contributed by atoms with Crippen LogP contribution in [0.5, 0.6) is 0 Å². The minimum Gasteiger partial charge on any atom is -0.430 e. The Hall–Kier alpha value is -1.59. The number of rotatable bonds is 3. The van der Waals surface area contributed by atoms with Crippen molar-refractivity contribution in [1.29, 1.82) is 0 Å². The normalized spacial score (nSPS) is 32.4. The molecule has 2 aliphatic heterocycles. The zero-order valence-electron chi connectivity index (χ0n) is 10.6. The monoisotopic (exact) mass is 255 g/mol. The molecule has 0 spiro atoms. The minimum absolute atomic E-state index is 0.0960. The van der Waals surface area contributed by atoms with Gasteiger partial charge >= 0.3 is 6.16 Å². The van der Waals surface area contributed by atoms with E-state index >= 15 is 0 Å². The van der Waals surface area contributed by atoms with E-state index < -0.39 is 17.7 Å². The van der Waals surface area contributed by atoms with Gasteiger partial charge in [-0.3, -0.25) is 14.5 Å². The van der Waals surface area contributed by atoms with Gasteiger partial charge < -0.3 is 9.47 Å². The van der Waals surface area contributed by atoms with Gasteiger partial charge in [0, 0.05) is 11.8 Å². The van der Waals surface area contributed by atoms with Crippen LogP contribution < -0.4 is 0 Å². The third-order valence-corrected chi connectivity index (χ3v) is 3.77. The maximum Gasteiger partial charge on any atom is 0.508 e. The highest BCUT2D eigenvalue weighted by Gasteiger charge is 2.44. The van der Waals surface area contributed by atoms with Crippen LogP contribution in [0.25, 0.3) is 0 Å². The molecule has 0 saturated carbocycles. The topological polar surface area (TPSA) is 72.9 Å². The number of hydrogen-bond acceptors (Lipinski definition) is 5. The van der Waals surface area contributed by atoms with Gasteiger partial charge in [0.25, 0.3) is 0 Å². The zero-order valence-corrected chi connectivity index (χ0v) is 10.6. The molecule has 0 radical (unpaired) electrons. The maximum absolute atomic E-state index is 12.3. The van der Waals surface area contributed by atoms with Crippen molar-refractivity contribution in [2.45, 2.75) is 39.2 Å². The number of piperidine rings is 1. The van der Waals surface area contributed by atoms with Crippen molar-refractivity contribution >= 4 is 18.0 Å². The van der Waals surface area contributed by atoms with Crippen LogP contribution in [-0.4, -0.2) is 42.1 Å². The SMILES string of the molecule is CCC1(C)CCC(=O)N(CC2COC(=O)O2)C1=O. The Labute approximate surface area is 105 Å². The molecule has 2 atom stereocenters. The average Bonchev–Trinajstić information content (AvgIpc) is 2.76. The first-order valence-electron chi connectivity index (χ1n) is 6.14. The van der Waals surface area contributed by atoms with E-state index in [-0.39, 0.29) is 25.0 Å². The van der Waals surface area contributed by atoms with Gasteiger partial charge in [0.2, 0.25) is 11.8 Å². The van der Waals surface area contributed by atoms with Gasteiger partial charge in [0.05, 0.1) is 6.54 Å². The Kier molecular flexibility index (Phi) is 3.28. The van der Waals surface area contributed by atoms with Crippen LogP contribution in [0.15, 0.2) is 0 Å². The molecule has 2 amide bonds. The van der Waals surface area contributed by atoms with E-state index in [1.807, 2.05) is 13.8 Å². The van der Waals surface area contributed by atoms with Crippen LogP contribution in [-0.2, 0) is 19.1 Å². The van der Waals surface area contributed by atoms with Crippen LogP contribution in [0.2, 0.25) is 0 Å². The van der Waals surface area contributed by atoms with Gasteiger partial charge in [0.1, 0.15) is 6.61 Å². The van der Waals surface area contributed by atoms with Crippen molar-refractivity contribution in [3.63, 3.8) is 0 Å². The lowest BCUT2D eigenvalue weighted by atomic mass is 9.78. The van der Waals surface area contributed by atoms with Crippen molar-refractivity contribution < 1.29 is 23.9 Å². The molecule has 2 saturated heterocycles. The molecule has 6 nitrogen and oxygen atoms in total. The third-order valence-electron chi connectivity index (χ3n) is 3.77. The lowest BCUT2D eigenvalue weighted by molar-refractivity contribution is -0.158. The van der Waals surface area contributed by atoms with Crippen molar-refractivity contribution in [2.24, 2.45) is 5.41 Å². The quantitative estimate of drug-likeness (QED) is 0.557. The first-order valence-corrected chi connectivity index (χ1v) is 6.14. The summed E-state index contributed by atoms with van der Waals surface area (Å²) in [6, 6.07) is 0. The van der Waals surface area contributed by atoms with Gasteiger partial charge in [-0.25, -0.2) is 4.79 Å². The van der Waals surface area contributed by atoms with E-state index in [4.69, 9.17) is 4.74 Å². The Morgan fingerprint density at radius 3 is 2.67 bits per heavy atom. The van der Waals surface area contributed by atoms with Gasteiger partial charge in [-0.15, -0.1) is 0 Å². The summed E-state index contributed by atoms with van der Waals surface area (Å²) in [4.78, 5) is 36.1. The van der Waals surface area contributed by atoms with Gasteiger partial charge in [0.15, 0.2) is 6.10 Å². The summed E-state index contributed by atoms with van der Waals surface area (Å²) >= 11 is 0. The minimum atomic E-state index is -0.741. The van der Waals surface area contributed by atoms with Gasteiger partial charge in [-0.05, 0) is 12.8 Å². The molecule has 2 aliphatic rings. The highest BCUT2D eigenvalue weighted by atomic mass is 16.8. The van der Waals surface area contributed by atoms with Crippen LogP contribution >= 0.6 is 0 Å². The summed E-state index contributed by atoms with van der Waals surface area (Å²) in [7, 11) is 0. The van der Waals surface area contributed by atoms with Crippen LogP contribution in [0, 0.1) is 5.41 Å². The predicted molar refractivity (Wildman–Crippen MR) is 60.6 cm³/mol. The summed E-state index contributed by atoms with van der Waals surface area (Å²) in [5, 5.41) is 0. The summed E-state index contributed by atoms with van der Waals surface area (Å²) in [6.07, 6.45) is 0.354. The number of hydrogen-bond donors (Lipinski definition) is 0. The molecular weight excluding hydrogens is 238 g/mol. The fraction of sp³-hybridized carbons (Fsp3) is 0.750. The Morgan fingerprint density at radius 2 is 2.11 bits per heavy atom. The van der Waals surface area contributed by atoms with Crippen LogP contribution in [0.3, 0.4) is 0 Å². The number of amides is 2. The molecule has 6 heteroatoms. The molecule has 0 bridgehead atoms. The molecule has 2 heterocycles. The number of ether oxygens (including phenoxy) is 2. The van der Waals surface area contributed by atoms with Gasteiger partial charge in [-0.1, -0.05) is 13.8 Å². The van der Waals surface area contributed by atoms with E-state index in [1.165, 1.54) is 4.90 Å². The summed E-state index contributed by atoms with van der Waals surface area (Å²) < 4.78 is 9.50. The molecule has 2 fully saturated rings. The third kappa shape index (κ3) is 2.19. The second kappa shape index (κ2) is 4.59. The standard InChI is InChI=1S/C12H17NO5/c1-3-12(2)5-4-9(14)13(10(12)15)6-8-7-17-11(16)18-8/h8H,3-7H2,1-2H3. The van der Waals surface area contributed by atoms with E-state index in [1.54, 1.807) is 0 Å². The molecule has 2 rings (SSSR count). The summed E-state index contributed by atoms with van der Waals surface area (Å²) in [5.74, 6) is -0.377. The first kappa shape index (κ1) is 12.9. The second-order valence-corrected chi connectivity index (χ2v) is 5.02. The van der Waals surface area contributed by atoms with Crippen LogP contribution in [0.1, 0.15) is 33.1 Å². The second-order valence-electron chi connectivity index (χ2n) is 5.02. The fourth-order valence-electron chi connectivity index (χ4n) is 2.24. The number of nitrogens with zero attached hydrogens (tertiary/aromatic N) is 1. The zero-order chi connectivity index (χ0) is 13.3. The van der Waals surface area contributed by atoms with Crippen molar-refractivity contribution in [2.75, 3.05) is 13.2 Å². The van der Waals surface area contributed by atoms with Crippen molar-refractivity contribution in [1.82, 2.24) is 4.90 Å². The predicted octanol–water partition coefficient (Wildman–Crippen LogP) is 1.09. The Morgan fingerprint density at radius 1 is 1.39 bits per heavy atom. The van der Waals surface area contributed by atoms with Gasteiger partial charge in [-0.2, -0.15) is 0 Å². The fourth-order valence-corrected chi connectivity index (χ4v) is 2.24. The number of likely N-dealkylation sites (tertiary alicyclic amines) is 1. The van der Waals surface area contributed by atoms with E-state index in [0.29, 0.717) is 19.3 Å². The highest BCUT2D eigenvalue weighted by Crippen LogP contribution is 2.34. The molecule has 2 unspecified atom stereocenters. The van der Waals surface area contributed by atoms with E-state index in [2.05, 4.69) is 4.74 Å². The Bertz CT molecular complexity index is 394. The molecule has 0 aromatic carbocycles.